The molecule has 2 rings (SSSR count). The summed E-state index contributed by atoms with van der Waals surface area (Å²) in [4.78, 5) is 0. The molecule has 1 atom stereocenters. The van der Waals surface area contributed by atoms with Crippen molar-refractivity contribution >= 4 is 0 Å². The highest BCUT2D eigenvalue weighted by Gasteiger charge is 2.23. The highest BCUT2D eigenvalue weighted by Crippen LogP contribution is 2.23. The van der Waals surface area contributed by atoms with Gasteiger partial charge in [0, 0.05) is 13.0 Å². The average molecular weight is 270 g/mol. The quantitative estimate of drug-likeness (QED) is 0.524. The molecule has 1 aromatic rings. The Labute approximate surface area is 121 Å². The zero-order valence-corrected chi connectivity index (χ0v) is 11.8. The van der Waals surface area contributed by atoms with E-state index >= 15 is 0 Å². The van der Waals surface area contributed by atoms with Gasteiger partial charge in [0.2, 0.25) is 0 Å². The highest BCUT2D eigenvalue weighted by atomic mass is 16.5. The van der Waals surface area contributed by atoms with Crippen molar-refractivity contribution in [2.24, 2.45) is 0 Å². The molecule has 2 heteroatoms. The smallest absolute Gasteiger partial charge is 0.108 e. The van der Waals surface area contributed by atoms with E-state index in [2.05, 4.69) is 30.9 Å². The predicted octanol–water partition coefficient (Wildman–Crippen LogP) is 4.05. The van der Waals surface area contributed by atoms with Gasteiger partial charge in [-0.25, -0.2) is 0 Å². The van der Waals surface area contributed by atoms with E-state index in [0.29, 0.717) is 19.8 Å². The van der Waals surface area contributed by atoms with E-state index in [-0.39, 0.29) is 5.60 Å². The molecule has 1 aliphatic rings. The maximum atomic E-state index is 5.94. The molecular weight excluding hydrogens is 248 g/mol. The second-order valence-corrected chi connectivity index (χ2v) is 4.89. The molecular formula is C18H22O2. The van der Waals surface area contributed by atoms with Crippen molar-refractivity contribution in [1.82, 2.24) is 0 Å². The molecule has 0 fully saturated rings. The fourth-order valence-electron chi connectivity index (χ4n) is 2.12. The molecule has 1 aromatic carbocycles. The van der Waals surface area contributed by atoms with Crippen molar-refractivity contribution in [2.75, 3.05) is 13.2 Å². The van der Waals surface area contributed by atoms with Gasteiger partial charge in [0.05, 0.1) is 13.2 Å². The van der Waals surface area contributed by atoms with Gasteiger partial charge in [-0.15, -0.1) is 0 Å². The zero-order chi connectivity index (χ0) is 14.1. The van der Waals surface area contributed by atoms with Crippen molar-refractivity contribution in [3.8, 4) is 0 Å². The maximum Gasteiger partial charge on any atom is 0.108 e. The van der Waals surface area contributed by atoms with E-state index in [0.717, 1.165) is 12.8 Å². The van der Waals surface area contributed by atoms with Gasteiger partial charge in [0.25, 0.3) is 0 Å². The van der Waals surface area contributed by atoms with Crippen molar-refractivity contribution in [3.05, 3.63) is 72.9 Å². The Bertz CT molecular complexity index is 462. The zero-order valence-electron chi connectivity index (χ0n) is 11.8. The lowest BCUT2D eigenvalue weighted by Gasteiger charge is -2.27. The van der Waals surface area contributed by atoms with Crippen LogP contribution in [0.1, 0.15) is 18.4 Å². The molecule has 0 saturated heterocycles. The van der Waals surface area contributed by atoms with Crippen molar-refractivity contribution in [1.29, 1.82) is 0 Å². The summed E-state index contributed by atoms with van der Waals surface area (Å²) in [5, 5.41) is 0. The van der Waals surface area contributed by atoms with Crippen molar-refractivity contribution in [3.63, 3.8) is 0 Å². The summed E-state index contributed by atoms with van der Waals surface area (Å²) in [6.45, 7) is 5.92. The summed E-state index contributed by atoms with van der Waals surface area (Å²) in [7, 11) is 0. The van der Waals surface area contributed by atoms with Gasteiger partial charge in [-0.1, -0.05) is 61.2 Å². The van der Waals surface area contributed by atoms with Gasteiger partial charge < -0.3 is 9.47 Å². The van der Waals surface area contributed by atoms with Crippen molar-refractivity contribution in [2.45, 2.75) is 25.0 Å². The Hall–Kier alpha value is -1.64. The minimum atomic E-state index is -0.325. The van der Waals surface area contributed by atoms with Crippen LogP contribution in [0.5, 0.6) is 0 Å². The van der Waals surface area contributed by atoms with E-state index in [1.165, 1.54) is 5.56 Å². The minimum absolute atomic E-state index is 0.325. The third-order valence-corrected chi connectivity index (χ3v) is 3.32. The lowest BCUT2D eigenvalue weighted by atomic mass is 9.95. The Morgan fingerprint density at radius 1 is 1.15 bits per heavy atom. The van der Waals surface area contributed by atoms with Crippen LogP contribution in [0.4, 0.5) is 0 Å². The highest BCUT2D eigenvalue weighted by molar-refractivity contribution is 5.24. The minimum Gasteiger partial charge on any atom is -0.377 e. The number of allylic oxidation sites excluding steroid dienone is 2. The molecule has 1 aliphatic carbocycles. The molecule has 0 aromatic heterocycles. The molecule has 1 unspecified atom stereocenters. The van der Waals surface area contributed by atoms with Gasteiger partial charge in [0.15, 0.2) is 0 Å². The topological polar surface area (TPSA) is 18.5 Å². The van der Waals surface area contributed by atoms with Crippen LogP contribution in [0, 0.1) is 0 Å². The predicted molar refractivity (Wildman–Crippen MR) is 82.5 cm³/mol. The largest absolute Gasteiger partial charge is 0.377 e. The fraction of sp³-hybridized carbons (Fsp3) is 0.333. The molecule has 0 bridgehead atoms. The standard InChI is InChI=1S/C18H22O2/c1-2-18(12-7-4-8-13-18)20-15-9-14-19-16-17-10-5-3-6-11-17/h2-8,10-12H,1,9,13-16H2. The van der Waals surface area contributed by atoms with Crippen LogP contribution in [0.3, 0.4) is 0 Å². The molecule has 0 amide bonds. The number of hydrogen-bond acceptors (Lipinski definition) is 2. The summed E-state index contributed by atoms with van der Waals surface area (Å²) < 4.78 is 11.6. The van der Waals surface area contributed by atoms with Crippen LogP contribution in [0.15, 0.2) is 67.3 Å². The van der Waals surface area contributed by atoms with Gasteiger partial charge in [-0.3, -0.25) is 0 Å². The second kappa shape index (κ2) is 7.83. The maximum absolute atomic E-state index is 5.94. The SMILES string of the molecule is C=CC1(OCCCOCc2ccccc2)C=CC=CC1. The normalized spacial score (nSPS) is 21.0. The van der Waals surface area contributed by atoms with E-state index in [9.17, 15) is 0 Å². The summed E-state index contributed by atoms with van der Waals surface area (Å²) >= 11 is 0. The third-order valence-electron chi connectivity index (χ3n) is 3.32. The molecule has 0 aliphatic heterocycles. The Morgan fingerprint density at radius 3 is 2.70 bits per heavy atom. The molecule has 0 saturated carbocycles. The van der Waals surface area contributed by atoms with E-state index in [1.54, 1.807) is 0 Å². The van der Waals surface area contributed by atoms with Crippen LogP contribution >= 0.6 is 0 Å². The van der Waals surface area contributed by atoms with E-state index in [1.807, 2.05) is 36.4 Å². The van der Waals surface area contributed by atoms with Gasteiger partial charge in [0.1, 0.15) is 5.60 Å². The van der Waals surface area contributed by atoms with Crippen LogP contribution in [0.2, 0.25) is 0 Å². The number of rotatable bonds is 8. The Morgan fingerprint density at radius 2 is 2.00 bits per heavy atom. The van der Waals surface area contributed by atoms with Gasteiger partial charge in [-0.05, 0) is 18.1 Å². The van der Waals surface area contributed by atoms with Crippen LogP contribution in [-0.2, 0) is 16.1 Å². The monoisotopic (exact) mass is 270 g/mol. The molecule has 20 heavy (non-hydrogen) atoms. The number of benzene rings is 1. The van der Waals surface area contributed by atoms with Crippen LogP contribution < -0.4 is 0 Å². The first-order chi connectivity index (χ1) is 9.85. The summed E-state index contributed by atoms with van der Waals surface area (Å²) in [6.07, 6.45) is 11.8. The summed E-state index contributed by atoms with van der Waals surface area (Å²) in [6, 6.07) is 10.2. The number of hydrogen-bond donors (Lipinski definition) is 0. The van der Waals surface area contributed by atoms with Crippen LogP contribution in [0.25, 0.3) is 0 Å². The first-order valence-corrected chi connectivity index (χ1v) is 7.08. The molecule has 0 radical (unpaired) electrons. The molecule has 106 valence electrons. The Balaban J connectivity index is 1.61. The average Bonchev–Trinajstić information content (AvgIpc) is 2.53. The molecule has 0 heterocycles. The first kappa shape index (κ1) is 14.8. The van der Waals surface area contributed by atoms with Gasteiger partial charge in [-0.2, -0.15) is 0 Å². The number of ether oxygens (including phenoxy) is 2. The molecule has 0 N–H and O–H groups in total. The summed E-state index contributed by atoms with van der Waals surface area (Å²) in [5.74, 6) is 0. The molecule has 0 spiro atoms. The third kappa shape index (κ3) is 4.48. The summed E-state index contributed by atoms with van der Waals surface area (Å²) in [5.41, 5.74) is 0.880. The van der Waals surface area contributed by atoms with Gasteiger partial charge >= 0.3 is 0 Å². The first-order valence-electron chi connectivity index (χ1n) is 7.08. The van der Waals surface area contributed by atoms with Crippen LogP contribution in [-0.4, -0.2) is 18.8 Å². The Kier molecular flexibility index (Phi) is 5.78. The van der Waals surface area contributed by atoms with Crippen molar-refractivity contribution < 1.29 is 9.47 Å². The second-order valence-electron chi connectivity index (χ2n) is 4.89. The van der Waals surface area contributed by atoms with E-state index < -0.39 is 0 Å². The fourth-order valence-corrected chi connectivity index (χ4v) is 2.12. The lowest BCUT2D eigenvalue weighted by Crippen LogP contribution is -2.28. The van der Waals surface area contributed by atoms with E-state index in [4.69, 9.17) is 9.47 Å². The molecule has 2 nitrogen and oxygen atoms in total. The lowest BCUT2D eigenvalue weighted by molar-refractivity contribution is 0.0117.